The molecule has 0 atom stereocenters. The maximum atomic E-state index is 5.72. The van der Waals surface area contributed by atoms with Gasteiger partial charge in [0.25, 0.3) is 0 Å². The molecule has 2 rings (SSSR count). The molecule has 0 bridgehead atoms. The van der Waals surface area contributed by atoms with Crippen molar-refractivity contribution in [3.8, 4) is 5.75 Å². The highest BCUT2D eigenvalue weighted by atomic mass is 32.1. The van der Waals surface area contributed by atoms with Gasteiger partial charge in [0.1, 0.15) is 10.7 Å². The van der Waals surface area contributed by atoms with Crippen LogP contribution in [0.25, 0.3) is 0 Å². The van der Waals surface area contributed by atoms with E-state index in [0.717, 1.165) is 23.4 Å². The topological polar surface area (TPSA) is 38.5 Å². The molecule has 0 saturated carbocycles. The number of ether oxygens (including phenoxy) is 1. The Balaban J connectivity index is 2.31. The highest BCUT2D eigenvalue weighted by molar-refractivity contribution is 7.80. The van der Waals surface area contributed by atoms with E-state index in [2.05, 4.69) is 31.0 Å². The first-order valence-corrected chi connectivity index (χ1v) is 7.17. The van der Waals surface area contributed by atoms with E-state index >= 15 is 0 Å². The number of benzene rings is 2. The smallest absolute Gasteiger partial charge is 0.123 e. The van der Waals surface area contributed by atoms with Gasteiger partial charge in [0, 0.05) is 30.4 Å². The van der Waals surface area contributed by atoms with Crippen molar-refractivity contribution < 1.29 is 4.74 Å². The van der Waals surface area contributed by atoms with E-state index in [4.69, 9.17) is 22.7 Å². The van der Waals surface area contributed by atoms with Crippen LogP contribution in [0.3, 0.4) is 0 Å². The predicted molar refractivity (Wildman–Crippen MR) is 92.2 cm³/mol. The average Bonchev–Trinajstić information content (AvgIpc) is 2.47. The molecular formula is C17H20N2OS. The van der Waals surface area contributed by atoms with E-state index in [1.165, 1.54) is 11.3 Å². The normalized spacial score (nSPS) is 10.2. The van der Waals surface area contributed by atoms with Gasteiger partial charge >= 0.3 is 0 Å². The first-order valence-electron chi connectivity index (χ1n) is 6.76. The molecule has 0 heterocycles. The van der Waals surface area contributed by atoms with Crippen LogP contribution >= 0.6 is 12.2 Å². The maximum Gasteiger partial charge on any atom is 0.123 e. The number of anilines is 1. The van der Waals surface area contributed by atoms with Crippen molar-refractivity contribution in [3.05, 3.63) is 59.2 Å². The lowest BCUT2D eigenvalue weighted by atomic mass is 10.1. The lowest BCUT2D eigenvalue weighted by molar-refractivity contribution is 0.409. The molecule has 0 amide bonds. The Hall–Kier alpha value is -2.07. The number of hydrogen-bond donors (Lipinski definition) is 1. The average molecular weight is 300 g/mol. The summed E-state index contributed by atoms with van der Waals surface area (Å²) in [5.41, 5.74) is 10.1. The number of aryl methyl sites for hydroxylation is 1. The predicted octanol–water partition coefficient (Wildman–Crippen LogP) is 3.27. The first-order chi connectivity index (χ1) is 10.0. The largest absolute Gasteiger partial charge is 0.496 e. The summed E-state index contributed by atoms with van der Waals surface area (Å²) < 4.78 is 5.44. The van der Waals surface area contributed by atoms with Gasteiger partial charge in [-0.15, -0.1) is 0 Å². The number of hydrogen-bond acceptors (Lipinski definition) is 3. The zero-order valence-electron chi connectivity index (χ0n) is 12.6. The third-order valence-electron chi connectivity index (χ3n) is 3.50. The van der Waals surface area contributed by atoms with Crippen LogP contribution in [0.4, 0.5) is 5.69 Å². The molecule has 110 valence electrons. The summed E-state index contributed by atoms with van der Waals surface area (Å²) >= 11 is 5.05. The van der Waals surface area contributed by atoms with Crippen LogP contribution in [0, 0.1) is 6.92 Å². The summed E-state index contributed by atoms with van der Waals surface area (Å²) in [5.74, 6) is 0.843. The number of nitrogens with zero attached hydrogens (tertiary/aromatic N) is 1. The second-order valence-electron chi connectivity index (χ2n) is 5.03. The zero-order chi connectivity index (χ0) is 15.4. The Labute approximate surface area is 131 Å². The fourth-order valence-electron chi connectivity index (χ4n) is 2.39. The minimum absolute atomic E-state index is 0.400. The molecule has 0 aliphatic rings. The van der Waals surface area contributed by atoms with Gasteiger partial charge in [0.2, 0.25) is 0 Å². The summed E-state index contributed by atoms with van der Waals surface area (Å²) in [6, 6.07) is 14.1. The van der Waals surface area contributed by atoms with Gasteiger partial charge in [-0.3, -0.25) is 0 Å². The molecule has 0 aliphatic carbocycles. The molecule has 4 heteroatoms. The summed E-state index contributed by atoms with van der Waals surface area (Å²) in [6.45, 7) is 2.83. The molecule has 0 fully saturated rings. The number of nitrogens with two attached hydrogens (primary N) is 1. The van der Waals surface area contributed by atoms with Crippen LogP contribution in [0.1, 0.15) is 16.7 Å². The minimum atomic E-state index is 0.400. The lowest BCUT2D eigenvalue weighted by Gasteiger charge is -2.23. The maximum absolute atomic E-state index is 5.72. The molecule has 0 aromatic heterocycles. The van der Waals surface area contributed by atoms with Gasteiger partial charge in [-0.2, -0.15) is 0 Å². The van der Waals surface area contributed by atoms with Gasteiger partial charge in [0.05, 0.1) is 7.11 Å². The van der Waals surface area contributed by atoms with E-state index in [1.54, 1.807) is 7.11 Å². The van der Waals surface area contributed by atoms with Crippen LogP contribution in [-0.4, -0.2) is 19.1 Å². The quantitative estimate of drug-likeness (QED) is 0.860. The third kappa shape index (κ3) is 3.52. The number of para-hydroxylation sites is 1. The summed E-state index contributed by atoms with van der Waals surface area (Å²) in [6.07, 6.45) is 0. The SMILES string of the molecule is COc1ccc(C(N)=S)cc1CN(C)c1ccccc1C. The van der Waals surface area contributed by atoms with Crippen LogP contribution in [-0.2, 0) is 6.54 Å². The lowest BCUT2D eigenvalue weighted by Crippen LogP contribution is -2.18. The van der Waals surface area contributed by atoms with Gasteiger partial charge in [-0.25, -0.2) is 0 Å². The molecule has 3 nitrogen and oxygen atoms in total. The fourth-order valence-corrected chi connectivity index (χ4v) is 2.51. The Morgan fingerprint density at radius 1 is 1.24 bits per heavy atom. The van der Waals surface area contributed by atoms with E-state index < -0.39 is 0 Å². The van der Waals surface area contributed by atoms with Crippen molar-refractivity contribution in [1.82, 2.24) is 0 Å². The van der Waals surface area contributed by atoms with Gasteiger partial charge in [-0.1, -0.05) is 30.4 Å². The first kappa shape index (κ1) is 15.3. The molecule has 21 heavy (non-hydrogen) atoms. The Morgan fingerprint density at radius 3 is 2.57 bits per heavy atom. The summed E-state index contributed by atoms with van der Waals surface area (Å²) in [5, 5.41) is 0. The molecule has 0 radical (unpaired) electrons. The molecule has 2 N–H and O–H groups in total. The van der Waals surface area contributed by atoms with Crippen LogP contribution in [0.2, 0.25) is 0 Å². The Kier molecular flexibility index (Phi) is 4.81. The van der Waals surface area contributed by atoms with Crippen molar-refractivity contribution in [1.29, 1.82) is 0 Å². The molecule has 0 unspecified atom stereocenters. The van der Waals surface area contributed by atoms with Crippen LogP contribution in [0.15, 0.2) is 42.5 Å². The monoisotopic (exact) mass is 300 g/mol. The van der Waals surface area contributed by atoms with E-state index in [0.29, 0.717) is 4.99 Å². The minimum Gasteiger partial charge on any atom is -0.496 e. The molecule has 0 saturated heterocycles. The number of methoxy groups -OCH3 is 1. The van der Waals surface area contributed by atoms with Gasteiger partial charge < -0.3 is 15.4 Å². The van der Waals surface area contributed by atoms with Crippen molar-refractivity contribution >= 4 is 22.9 Å². The summed E-state index contributed by atoms with van der Waals surface area (Å²) in [4.78, 5) is 2.59. The molecular weight excluding hydrogens is 280 g/mol. The second-order valence-corrected chi connectivity index (χ2v) is 5.47. The summed E-state index contributed by atoms with van der Waals surface area (Å²) in [7, 11) is 3.74. The van der Waals surface area contributed by atoms with E-state index in [9.17, 15) is 0 Å². The molecule has 0 aliphatic heterocycles. The molecule has 2 aromatic carbocycles. The highest BCUT2D eigenvalue weighted by Crippen LogP contribution is 2.25. The van der Waals surface area contributed by atoms with Gasteiger partial charge in [0.15, 0.2) is 0 Å². The molecule has 0 spiro atoms. The van der Waals surface area contributed by atoms with Crippen LogP contribution in [0.5, 0.6) is 5.75 Å². The van der Waals surface area contributed by atoms with Gasteiger partial charge in [-0.05, 0) is 36.8 Å². The third-order valence-corrected chi connectivity index (χ3v) is 3.73. The Morgan fingerprint density at radius 2 is 1.95 bits per heavy atom. The number of rotatable bonds is 5. The standard InChI is InChI=1S/C17H20N2OS/c1-12-6-4-5-7-15(12)19(2)11-14-10-13(17(18)21)8-9-16(14)20-3/h4-10H,11H2,1-3H3,(H2,18,21). The van der Waals surface area contributed by atoms with Crippen molar-refractivity contribution in [3.63, 3.8) is 0 Å². The van der Waals surface area contributed by atoms with E-state index in [1.807, 2.05) is 30.3 Å². The fraction of sp³-hybridized carbons (Fsp3) is 0.235. The Bertz CT molecular complexity index is 655. The van der Waals surface area contributed by atoms with Crippen molar-refractivity contribution in [2.45, 2.75) is 13.5 Å². The zero-order valence-corrected chi connectivity index (χ0v) is 13.4. The highest BCUT2D eigenvalue weighted by Gasteiger charge is 2.10. The van der Waals surface area contributed by atoms with Crippen molar-refractivity contribution in [2.75, 3.05) is 19.1 Å². The van der Waals surface area contributed by atoms with Crippen LogP contribution < -0.4 is 15.4 Å². The molecule has 2 aromatic rings. The second kappa shape index (κ2) is 6.59. The van der Waals surface area contributed by atoms with Crippen molar-refractivity contribution in [2.24, 2.45) is 5.73 Å². The number of thiocarbonyl (C=S) groups is 1. The van der Waals surface area contributed by atoms with E-state index in [-0.39, 0.29) is 0 Å².